The van der Waals surface area contributed by atoms with E-state index in [4.69, 9.17) is 9.47 Å². The van der Waals surface area contributed by atoms with E-state index in [-0.39, 0.29) is 23.4 Å². The number of ether oxygens (including phenoxy) is 2. The number of carbonyl (C=O) groups is 1. The van der Waals surface area contributed by atoms with Gasteiger partial charge in [0, 0.05) is 30.2 Å². The minimum Gasteiger partial charge on any atom is -0.492 e. The molecule has 1 saturated heterocycles. The summed E-state index contributed by atoms with van der Waals surface area (Å²) in [5.74, 6) is 0.748. The molecule has 2 fully saturated rings. The molecule has 4 rings (SSSR count). The van der Waals surface area contributed by atoms with E-state index in [2.05, 4.69) is 17.1 Å². The van der Waals surface area contributed by atoms with Crippen molar-refractivity contribution in [3.8, 4) is 5.75 Å². The Hall–Kier alpha value is -1.59. The standard InChI is InChI=1S/C20H28N2O3/c1-15(20(8-4-5-9-20)22-10-12-24-13-11-22)21-19(23)17-14-25-18-7-3-2-6-16(17)18/h2-3,6-7,15,17H,4-5,8-14H2,1H3,(H,21,23)/t15-,17+/m1/s1. The Morgan fingerprint density at radius 1 is 1.24 bits per heavy atom. The molecule has 136 valence electrons. The number of amides is 1. The van der Waals surface area contributed by atoms with Crippen LogP contribution in [0.2, 0.25) is 0 Å². The van der Waals surface area contributed by atoms with Crippen molar-refractivity contribution in [1.29, 1.82) is 0 Å². The molecule has 0 spiro atoms. The zero-order valence-corrected chi connectivity index (χ0v) is 15.0. The molecule has 0 unspecified atom stereocenters. The summed E-state index contributed by atoms with van der Waals surface area (Å²) in [4.78, 5) is 15.5. The molecular formula is C20H28N2O3. The first-order valence-corrected chi connectivity index (χ1v) is 9.56. The number of benzene rings is 1. The smallest absolute Gasteiger partial charge is 0.231 e. The lowest BCUT2D eigenvalue weighted by Gasteiger charge is -2.47. The summed E-state index contributed by atoms with van der Waals surface area (Å²) in [6, 6.07) is 8.01. The third kappa shape index (κ3) is 3.04. The zero-order chi connectivity index (χ0) is 17.3. The Morgan fingerprint density at radius 2 is 1.96 bits per heavy atom. The Bertz CT molecular complexity index is 621. The topological polar surface area (TPSA) is 50.8 Å². The van der Waals surface area contributed by atoms with Gasteiger partial charge in [0.15, 0.2) is 0 Å². The first-order valence-electron chi connectivity index (χ1n) is 9.56. The van der Waals surface area contributed by atoms with Crippen molar-refractivity contribution in [1.82, 2.24) is 10.2 Å². The molecule has 1 aromatic carbocycles. The van der Waals surface area contributed by atoms with Gasteiger partial charge in [-0.25, -0.2) is 0 Å². The van der Waals surface area contributed by atoms with Crippen LogP contribution in [0.15, 0.2) is 24.3 Å². The first kappa shape index (κ1) is 16.9. The van der Waals surface area contributed by atoms with Crippen molar-refractivity contribution < 1.29 is 14.3 Å². The molecule has 2 aliphatic heterocycles. The summed E-state index contributed by atoms with van der Waals surface area (Å²) in [6.07, 6.45) is 4.80. The van der Waals surface area contributed by atoms with Crippen LogP contribution in [0.1, 0.15) is 44.1 Å². The zero-order valence-electron chi connectivity index (χ0n) is 15.0. The summed E-state index contributed by atoms with van der Waals surface area (Å²) in [5.41, 5.74) is 1.09. The van der Waals surface area contributed by atoms with Gasteiger partial charge in [-0.2, -0.15) is 0 Å². The van der Waals surface area contributed by atoms with Crippen molar-refractivity contribution in [2.45, 2.75) is 50.1 Å². The molecule has 2 atom stereocenters. The van der Waals surface area contributed by atoms with Crippen LogP contribution in [-0.4, -0.2) is 55.3 Å². The van der Waals surface area contributed by atoms with Crippen LogP contribution >= 0.6 is 0 Å². The van der Waals surface area contributed by atoms with Crippen molar-refractivity contribution in [2.75, 3.05) is 32.9 Å². The highest BCUT2D eigenvalue weighted by molar-refractivity contribution is 5.85. The van der Waals surface area contributed by atoms with Crippen LogP contribution < -0.4 is 10.1 Å². The van der Waals surface area contributed by atoms with E-state index in [1.807, 2.05) is 24.3 Å². The van der Waals surface area contributed by atoms with Crippen LogP contribution in [0.25, 0.3) is 0 Å². The minimum atomic E-state index is -0.193. The van der Waals surface area contributed by atoms with Crippen LogP contribution in [0.4, 0.5) is 0 Å². The maximum atomic E-state index is 13.0. The van der Waals surface area contributed by atoms with Gasteiger partial charge in [-0.05, 0) is 25.8 Å². The van der Waals surface area contributed by atoms with Crippen LogP contribution in [-0.2, 0) is 9.53 Å². The Morgan fingerprint density at radius 3 is 2.72 bits per heavy atom. The molecule has 0 radical (unpaired) electrons. The second kappa shape index (κ2) is 6.96. The summed E-state index contributed by atoms with van der Waals surface area (Å²) in [5, 5.41) is 3.34. The minimum absolute atomic E-state index is 0.0818. The van der Waals surface area contributed by atoms with Gasteiger partial charge in [0.25, 0.3) is 0 Å². The van der Waals surface area contributed by atoms with E-state index < -0.39 is 0 Å². The number of rotatable bonds is 4. The lowest BCUT2D eigenvalue weighted by Crippen LogP contribution is -2.62. The molecule has 1 saturated carbocycles. The molecule has 0 bridgehead atoms. The maximum Gasteiger partial charge on any atom is 0.231 e. The number of para-hydroxylation sites is 1. The normalized spacial score (nSPS) is 26.7. The van der Waals surface area contributed by atoms with Gasteiger partial charge < -0.3 is 14.8 Å². The Balaban J connectivity index is 1.48. The molecule has 1 N–H and O–H groups in total. The number of morpholine rings is 1. The van der Waals surface area contributed by atoms with Gasteiger partial charge in [-0.1, -0.05) is 31.0 Å². The first-order chi connectivity index (χ1) is 12.2. The molecule has 1 aliphatic carbocycles. The van der Waals surface area contributed by atoms with E-state index >= 15 is 0 Å². The van der Waals surface area contributed by atoms with E-state index in [9.17, 15) is 4.79 Å². The lowest BCUT2D eigenvalue weighted by molar-refractivity contribution is -0.125. The van der Waals surface area contributed by atoms with E-state index in [0.29, 0.717) is 6.61 Å². The number of carbonyl (C=O) groups excluding carboxylic acids is 1. The Kier molecular flexibility index (Phi) is 4.69. The number of nitrogens with one attached hydrogen (secondary N) is 1. The van der Waals surface area contributed by atoms with Gasteiger partial charge >= 0.3 is 0 Å². The maximum absolute atomic E-state index is 13.0. The van der Waals surface area contributed by atoms with Gasteiger partial charge in [0.2, 0.25) is 5.91 Å². The molecule has 1 amide bonds. The molecule has 1 aromatic rings. The quantitative estimate of drug-likeness (QED) is 0.911. The van der Waals surface area contributed by atoms with Gasteiger partial charge in [0.05, 0.1) is 13.2 Å². The van der Waals surface area contributed by atoms with E-state index in [1.54, 1.807) is 0 Å². The summed E-state index contributed by atoms with van der Waals surface area (Å²) >= 11 is 0. The fourth-order valence-corrected chi connectivity index (χ4v) is 4.85. The number of fused-ring (bicyclic) bond motifs is 1. The molecule has 25 heavy (non-hydrogen) atoms. The average Bonchev–Trinajstić information content (AvgIpc) is 3.30. The fraction of sp³-hybridized carbons (Fsp3) is 0.650. The van der Waals surface area contributed by atoms with Crippen LogP contribution in [0.3, 0.4) is 0 Å². The molecule has 3 aliphatic rings. The van der Waals surface area contributed by atoms with E-state index in [1.165, 1.54) is 12.8 Å². The third-order valence-electron chi connectivity index (χ3n) is 6.29. The molecule has 5 nitrogen and oxygen atoms in total. The number of hydrogen-bond acceptors (Lipinski definition) is 4. The van der Waals surface area contributed by atoms with Crippen molar-refractivity contribution in [3.05, 3.63) is 29.8 Å². The highest BCUT2D eigenvalue weighted by Gasteiger charge is 2.45. The molecular weight excluding hydrogens is 316 g/mol. The fourth-order valence-electron chi connectivity index (χ4n) is 4.85. The number of nitrogens with zero attached hydrogens (tertiary/aromatic N) is 1. The predicted molar refractivity (Wildman–Crippen MR) is 95.9 cm³/mol. The average molecular weight is 344 g/mol. The second-order valence-electron chi connectivity index (χ2n) is 7.54. The van der Waals surface area contributed by atoms with Crippen molar-refractivity contribution >= 4 is 5.91 Å². The third-order valence-corrected chi connectivity index (χ3v) is 6.29. The van der Waals surface area contributed by atoms with Gasteiger partial charge in [-0.15, -0.1) is 0 Å². The molecule has 5 heteroatoms. The van der Waals surface area contributed by atoms with E-state index in [0.717, 1.165) is 50.5 Å². The summed E-state index contributed by atoms with van der Waals surface area (Å²) < 4.78 is 11.2. The highest BCUT2D eigenvalue weighted by atomic mass is 16.5. The van der Waals surface area contributed by atoms with Crippen LogP contribution in [0.5, 0.6) is 5.75 Å². The van der Waals surface area contributed by atoms with Crippen molar-refractivity contribution in [3.63, 3.8) is 0 Å². The second-order valence-corrected chi connectivity index (χ2v) is 7.54. The summed E-state index contributed by atoms with van der Waals surface area (Å²) in [7, 11) is 0. The SMILES string of the molecule is C[C@@H](NC(=O)[C@H]1COc2ccccc21)C1(N2CCOCC2)CCCC1. The largest absolute Gasteiger partial charge is 0.492 e. The van der Waals surface area contributed by atoms with Crippen molar-refractivity contribution in [2.24, 2.45) is 0 Å². The monoisotopic (exact) mass is 344 g/mol. The predicted octanol–water partition coefficient (Wildman–Crippen LogP) is 2.31. The summed E-state index contributed by atoms with van der Waals surface area (Å²) in [6.45, 7) is 6.16. The lowest BCUT2D eigenvalue weighted by atomic mass is 9.86. The Labute approximate surface area is 149 Å². The van der Waals surface area contributed by atoms with Gasteiger partial charge in [0.1, 0.15) is 18.3 Å². The molecule has 2 heterocycles. The van der Waals surface area contributed by atoms with Gasteiger partial charge in [-0.3, -0.25) is 9.69 Å². The molecule has 0 aromatic heterocycles. The van der Waals surface area contributed by atoms with Crippen LogP contribution in [0, 0.1) is 0 Å². The highest BCUT2D eigenvalue weighted by Crippen LogP contribution is 2.39. The number of hydrogen-bond donors (Lipinski definition) is 1.